The van der Waals surface area contributed by atoms with E-state index in [1.807, 2.05) is 28.4 Å². The van der Waals surface area contributed by atoms with Crippen LogP contribution >= 0.6 is 23.5 Å². The highest BCUT2D eigenvalue weighted by molar-refractivity contribution is 8.20. The number of piperidine rings is 1. The van der Waals surface area contributed by atoms with E-state index in [0.29, 0.717) is 4.58 Å². The van der Waals surface area contributed by atoms with Crippen LogP contribution in [0.1, 0.15) is 32.1 Å². The number of amides is 2. The van der Waals surface area contributed by atoms with Gasteiger partial charge in [-0.05, 0) is 32.2 Å². The number of rotatable bonds is 3. The maximum absolute atomic E-state index is 12.2. The number of nitrogens with zero attached hydrogens (tertiary/aromatic N) is 1. The molecule has 0 bridgehead atoms. The van der Waals surface area contributed by atoms with Gasteiger partial charge in [-0.1, -0.05) is 6.42 Å². The van der Waals surface area contributed by atoms with E-state index in [4.69, 9.17) is 0 Å². The number of likely N-dealkylation sites (tertiary alicyclic amines) is 1. The molecule has 2 N–H and O–H groups in total. The first kappa shape index (κ1) is 14.9. The predicted molar refractivity (Wildman–Crippen MR) is 87.5 cm³/mol. The fraction of sp³-hybridized carbons (Fsp3) is 0.929. The van der Waals surface area contributed by atoms with Gasteiger partial charge in [0.05, 0.1) is 4.58 Å². The lowest BCUT2D eigenvalue weighted by Gasteiger charge is -2.34. The van der Waals surface area contributed by atoms with Gasteiger partial charge >= 0.3 is 6.03 Å². The van der Waals surface area contributed by atoms with Crippen LogP contribution in [0.25, 0.3) is 0 Å². The molecule has 0 aromatic heterocycles. The molecule has 1 spiro atoms. The van der Waals surface area contributed by atoms with E-state index < -0.39 is 0 Å². The Morgan fingerprint density at radius 1 is 1.30 bits per heavy atom. The highest BCUT2D eigenvalue weighted by Crippen LogP contribution is 2.34. The van der Waals surface area contributed by atoms with Crippen molar-refractivity contribution in [3.8, 4) is 0 Å². The van der Waals surface area contributed by atoms with E-state index in [2.05, 4.69) is 10.6 Å². The minimum atomic E-state index is 0.141. The quantitative estimate of drug-likeness (QED) is 0.837. The van der Waals surface area contributed by atoms with Crippen molar-refractivity contribution in [1.29, 1.82) is 0 Å². The molecule has 3 heterocycles. The summed E-state index contributed by atoms with van der Waals surface area (Å²) in [5.74, 6) is 2.53. The van der Waals surface area contributed by atoms with Crippen molar-refractivity contribution in [2.24, 2.45) is 0 Å². The summed E-state index contributed by atoms with van der Waals surface area (Å²) >= 11 is 4.06. The Morgan fingerprint density at radius 3 is 2.90 bits per heavy atom. The largest absolute Gasteiger partial charge is 0.338 e. The van der Waals surface area contributed by atoms with E-state index in [-0.39, 0.29) is 11.6 Å². The number of thioether (sulfide) groups is 2. The van der Waals surface area contributed by atoms with E-state index in [1.54, 1.807) is 0 Å². The van der Waals surface area contributed by atoms with Crippen LogP contribution in [-0.4, -0.2) is 58.7 Å². The topological polar surface area (TPSA) is 44.4 Å². The molecule has 1 unspecified atom stereocenters. The average Bonchev–Trinajstić information content (AvgIpc) is 3.10. The fourth-order valence-electron chi connectivity index (χ4n) is 3.41. The third kappa shape index (κ3) is 3.57. The summed E-state index contributed by atoms with van der Waals surface area (Å²) in [4.78, 5) is 14.2. The lowest BCUT2D eigenvalue weighted by Crippen LogP contribution is -2.51. The third-order valence-corrected chi connectivity index (χ3v) is 7.74. The van der Waals surface area contributed by atoms with Gasteiger partial charge in [0.25, 0.3) is 0 Å². The van der Waals surface area contributed by atoms with Crippen molar-refractivity contribution in [3.05, 3.63) is 0 Å². The highest BCUT2D eigenvalue weighted by Gasteiger charge is 2.40. The molecule has 0 aromatic rings. The van der Waals surface area contributed by atoms with E-state index in [9.17, 15) is 4.79 Å². The maximum atomic E-state index is 12.2. The normalized spacial score (nSPS) is 31.1. The Labute approximate surface area is 130 Å². The highest BCUT2D eigenvalue weighted by atomic mass is 32.2. The monoisotopic (exact) mass is 315 g/mol. The van der Waals surface area contributed by atoms with Crippen molar-refractivity contribution in [2.45, 2.75) is 42.2 Å². The van der Waals surface area contributed by atoms with Crippen LogP contribution in [0.3, 0.4) is 0 Å². The van der Waals surface area contributed by atoms with Gasteiger partial charge in [0.15, 0.2) is 0 Å². The zero-order chi connectivity index (χ0) is 13.8. The first-order valence-corrected chi connectivity index (χ1v) is 9.88. The minimum Gasteiger partial charge on any atom is -0.338 e. The van der Waals surface area contributed by atoms with Crippen molar-refractivity contribution in [3.63, 3.8) is 0 Å². The van der Waals surface area contributed by atoms with Gasteiger partial charge in [-0.15, -0.1) is 23.5 Å². The summed E-state index contributed by atoms with van der Waals surface area (Å²) in [6, 6.07) is 0.141. The SMILES string of the molecule is O=C(NCCC1SCCS1)N1CCC2(CCCCN2)C1. The van der Waals surface area contributed by atoms with Gasteiger partial charge in [0.1, 0.15) is 0 Å². The zero-order valence-electron chi connectivity index (χ0n) is 12.0. The maximum Gasteiger partial charge on any atom is 0.317 e. The molecule has 3 rings (SSSR count). The molecule has 0 radical (unpaired) electrons. The summed E-state index contributed by atoms with van der Waals surface area (Å²) in [7, 11) is 0. The molecular formula is C14H25N3OS2. The summed E-state index contributed by atoms with van der Waals surface area (Å²) in [6.07, 6.45) is 6.03. The lowest BCUT2D eigenvalue weighted by atomic mass is 9.88. The van der Waals surface area contributed by atoms with Crippen LogP contribution in [0.4, 0.5) is 4.79 Å². The fourth-order valence-corrected chi connectivity index (χ4v) is 6.23. The third-order valence-electron chi connectivity index (χ3n) is 4.57. The average molecular weight is 316 g/mol. The van der Waals surface area contributed by atoms with Crippen molar-refractivity contribution >= 4 is 29.6 Å². The minimum absolute atomic E-state index is 0.141. The van der Waals surface area contributed by atoms with Gasteiger partial charge in [-0.3, -0.25) is 0 Å². The van der Waals surface area contributed by atoms with E-state index >= 15 is 0 Å². The Bertz CT molecular complexity index is 341. The van der Waals surface area contributed by atoms with Crippen LogP contribution in [0.15, 0.2) is 0 Å². The number of urea groups is 1. The van der Waals surface area contributed by atoms with Crippen LogP contribution in [0.2, 0.25) is 0 Å². The molecule has 3 saturated heterocycles. The van der Waals surface area contributed by atoms with E-state index in [0.717, 1.165) is 39.0 Å². The summed E-state index contributed by atoms with van der Waals surface area (Å²) in [5, 5.41) is 6.76. The Kier molecular flexibility index (Phi) is 5.04. The molecule has 20 heavy (non-hydrogen) atoms. The van der Waals surface area contributed by atoms with Crippen LogP contribution in [-0.2, 0) is 0 Å². The molecule has 4 nitrogen and oxygen atoms in total. The molecule has 3 fully saturated rings. The number of nitrogens with one attached hydrogen (secondary N) is 2. The van der Waals surface area contributed by atoms with Crippen LogP contribution in [0.5, 0.6) is 0 Å². The van der Waals surface area contributed by atoms with Crippen molar-refractivity contribution < 1.29 is 4.79 Å². The molecule has 3 aliphatic rings. The smallest absolute Gasteiger partial charge is 0.317 e. The van der Waals surface area contributed by atoms with Gasteiger partial charge in [-0.2, -0.15) is 0 Å². The number of hydrogen-bond acceptors (Lipinski definition) is 4. The van der Waals surface area contributed by atoms with Gasteiger partial charge in [-0.25, -0.2) is 4.79 Å². The second-order valence-corrected chi connectivity index (χ2v) is 8.95. The Hall–Kier alpha value is -0.0700. The molecular weight excluding hydrogens is 290 g/mol. The molecule has 0 aliphatic carbocycles. The summed E-state index contributed by atoms with van der Waals surface area (Å²) in [5.41, 5.74) is 0.229. The van der Waals surface area contributed by atoms with E-state index in [1.165, 1.54) is 30.8 Å². The molecule has 2 amide bonds. The first-order chi connectivity index (χ1) is 9.77. The molecule has 1 atom stereocenters. The summed E-state index contributed by atoms with van der Waals surface area (Å²) < 4.78 is 0.695. The zero-order valence-corrected chi connectivity index (χ0v) is 13.7. The lowest BCUT2D eigenvalue weighted by molar-refractivity contribution is 0.198. The Morgan fingerprint density at radius 2 is 2.15 bits per heavy atom. The number of carbonyl (C=O) groups is 1. The van der Waals surface area contributed by atoms with Gasteiger partial charge < -0.3 is 15.5 Å². The second-order valence-electron chi connectivity index (χ2n) is 6.03. The van der Waals surface area contributed by atoms with Gasteiger partial charge in [0.2, 0.25) is 0 Å². The van der Waals surface area contributed by atoms with Gasteiger partial charge in [0, 0.05) is 36.7 Å². The number of hydrogen-bond donors (Lipinski definition) is 2. The summed E-state index contributed by atoms with van der Waals surface area (Å²) in [6.45, 7) is 3.74. The van der Waals surface area contributed by atoms with Crippen molar-refractivity contribution in [2.75, 3.05) is 37.7 Å². The second kappa shape index (κ2) is 6.79. The molecule has 0 aromatic carbocycles. The molecule has 0 saturated carbocycles. The molecule has 3 aliphatic heterocycles. The standard InChI is InChI=1S/C14H25N3OS2/c18-13(15-7-3-12-19-9-10-20-12)17-8-5-14(11-17)4-1-2-6-16-14/h12,16H,1-11H2,(H,15,18). The predicted octanol–water partition coefficient (Wildman–Crippen LogP) is 2.11. The van der Waals surface area contributed by atoms with Crippen LogP contribution in [0, 0.1) is 0 Å². The van der Waals surface area contributed by atoms with Crippen LogP contribution < -0.4 is 10.6 Å². The first-order valence-electron chi connectivity index (χ1n) is 7.78. The number of carbonyl (C=O) groups excluding carboxylic acids is 1. The van der Waals surface area contributed by atoms with Crippen molar-refractivity contribution in [1.82, 2.24) is 15.5 Å². The molecule has 6 heteroatoms. The molecule has 114 valence electrons. The Balaban J connectivity index is 1.39.